The highest BCUT2D eigenvalue weighted by molar-refractivity contribution is 7.92. The van der Waals surface area contributed by atoms with E-state index in [1.807, 2.05) is 44.2 Å². The van der Waals surface area contributed by atoms with Crippen molar-refractivity contribution in [1.82, 2.24) is 10.6 Å². The quantitative estimate of drug-likeness (QED) is 0.739. The molecule has 0 fully saturated rings. The first-order valence-corrected chi connectivity index (χ1v) is 9.80. The second-order valence-corrected chi connectivity index (χ2v) is 7.72. The maximum atomic E-state index is 12.1. The number of hydrogen-bond donors (Lipinski definition) is 3. The average Bonchev–Trinajstić information content (AvgIpc) is 2.52. The lowest BCUT2D eigenvalue weighted by Crippen LogP contribution is -2.36. The van der Waals surface area contributed by atoms with Gasteiger partial charge < -0.3 is 10.6 Å². The molecular formula is C18H23N3O3S. The molecule has 2 rings (SSSR count). The summed E-state index contributed by atoms with van der Waals surface area (Å²) in [5, 5.41) is 5.68. The molecule has 0 spiro atoms. The molecule has 0 saturated heterocycles. The Morgan fingerprint density at radius 3 is 2.52 bits per heavy atom. The summed E-state index contributed by atoms with van der Waals surface area (Å²) in [6, 6.07) is 14.3. The number of carbonyl (C=O) groups excluding carboxylic acids is 1. The van der Waals surface area contributed by atoms with E-state index >= 15 is 0 Å². The summed E-state index contributed by atoms with van der Waals surface area (Å²) >= 11 is 0. The lowest BCUT2D eigenvalue weighted by atomic mass is 10.1. The Hall–Kier alpha value is -2.54. The highest BCUT2D eigenvalue weighted by Crippen LogP contribution is 2.18. The van der Waals surface area contributed by atoms with Crippen molar-refractivity contribution in [3.8, 4) is 0 Å². The van der Waals surface area contributed by atoms with Crippen molar-refractivity contribution in [2.75, 3.05) is 11.0 Å². The van der Waals surface area contributed by atoms with E-state index in [4.69, 9.17) is 0 Å². The smallest absolute Gasteiger partial charge is 0.315 e. The third-order valence-corrected chi connectivity index (χ3v) is 4.34. The molecule has 2 aromatic carbocycles. The number of carbonyl (C=O) groups is 1. The minimum atomic E-state index is -3.34. The van der Waals surface area contributed by atoms with Crippen molar-refractivity contribution in [1.29, 1.82) is 0 Å². The molecule has 6 nitrogen and oxygen atoms in total. The van der Waals surface area contributed by atoms with Gasteiger partial charge in [-0.05, 0) is 42.7 Å². The number of hydrogen-bond acceptors (Lipinski definition) is 3. The lowest BCUT2D eigenvalue weighted by molar-refractivity contribution is 0.237. The summed E-state index contributed by atoms with van der Waals surface area (Å²) in [4.78, 5) is 12.1. The SMILES string of the molecule is Cc1ccccc1CNC(=O)NC(C)c1cccc(NS(C)(=O)=O)c1. The van der Waals surface area contributed by atoms with Crippen LogP contribution in [0.3, 0.4) is 0 Å². The van der Waals surface area contributed by atoms with Crippen LogP contribution < -0.4 is 15.4 Å². The van der Waals surface area contributed by atoms with Gasteiger partial charge in [-0.3, -0.25) is 4.72 Å². The van der Waals surface area contributed by atoms with E-state index in [2.05, 4.69) is 15.4 Å². The maximum absolute atomic E-state index is 12.1. The Balaban J connectivity index is 1.95. The number of nitrogens with one attached hydrogen (secondary N) is 3. The van der Waals surface area contributed by atoms with Crippen LogP contribution in [0.25, 0.3) is 0 Å². The van der Waals surface area contributed by atoms with Crippen LogP contribution in [0.2, 0.25) is 0 Å². The normalized spacial score (nSPS) is 12.3. The molecule has 0 aromatic heterocycles. The first-order valence-electron chi connectivity index (χ1n) is 7.91. The van der Waals surface area contributed by atoms with Gasteiger partial charge in [0.2, 0.25) is 10.0 Å². The molecule has 1 atom stereocenters. The van der Waals surface area contributed by atoms with Crippen molar-refractivity contribution < 1.29 is 13.2 Å². The average molecular weight is 361 g/mol. The van der Waals surface area contributed by atoms with Crippen LogP contribution in [-0.4, -0.2) is 20.7 Å². The fourth-order valence-corrected chi connectivity index (χ4v) is 2.96. The first-order chi connectivity index (χ1) is 11.7. The van der Waals surface area contributed by atoms with Gasteiger partial charge in [-0.25, -0.2) is 13.2 Å². The van der Waals surface area contributed by atoms with E-state index in [1.54, 1.807) is 18.2 Å². The molecule has 0 radical (unpaired) electrons. The molecule has 0 aliphatic rings. The van der Waals surface area contributed by atoms with Gasteiger partial charge >= 0.3 is 6.03 Å². The molecule has 1 unspecified atom stereocenters. The van der Waals surface area contributed by atoms with Crippen LogP contribution in [0.15, 0.2) is 48.5 Å². The Morgan fingerprint density at radius 1 is 1.12 bits per heavy atom. The molecule has 0 bridgehead atoms. The molecule has 0 aliphatic carbocycles. The van der Waals surface area contributed by atoms with Gasteiger partial charge in [0.1, 0.15) is 0 Å². The summed E-state index contributed by atoms with van der Waals surface area (Å²) in [5.41, 5.74) is 3.45. The summed E-state index contributed by atoms with van der Waals surface area (Å²) < 4.78 is 25.1. The van der Waals surface area contributed by atoms with Crippen molar-refractivity contribution in [3.05, 3.63) is 65.2 Å². The second kappa shape index (κ2) is 8.02. The van der Waals surface area contributed by atoms with E-state index in [9.17, 15) is 13.2 Å². The van der Waals surface area contributed by atoms with Gasteiger partial charge in [0.25, 0.3) is 0 Å². The fourth-order valence-electron chi connectivity index (χ4n) is 2.40. The lowest BCUT2D eigenvalue weighted by Gasteiger charge is -2.16. The first kappa shape index (κ1) is 18.8. The number of amides is 2. The number of anilines is 1. The highest BCUT2D eigenvalue weighted by atomic mass is 32.2. The van der Waals surface area contributed by atoms with Crippen LogP contribution in [0.5, 0.6) is 0 Å². The van der Waals surface area contributed by atoms with Gasteiger partial charge in [-0.2, -0.15) is 0 Å². The van der Waals surface area contributed by atoms with Crippen LogP contribution in [0, 0.1) is 6.92 Å². The van der Waals surface area contributed by atoms with Crippen LogP contribution in [-0.2, 0) is 16.6 Å². The number of rotatable bonds is 6. The highest BCUT2D eigenvalue weighted by Gasteiger charge is 2.11. The third kappa shape index (κ3) is 6.11. The van der Waals surface area contributed by atoms with Gasteiger partial charge in [-0.15, -0.1) is 0 Å². The predicted molar refractivity (Wildman–Crippen MR) is 99.9 cm³/mol. The summed E-state index contributed by atoms with van der Waals surface area (Å²) in [7, 11) is -3.34. The second-order valence-electron chi connectivity index (χ2n) is 5.97. The third-order valence-electron chi connectivity index (χ3n) is 3.74. The monoisotopic (exact) mass is 361 g/mol. The standard InChI is InChI=1S/C18H23N3O3S/c1-13-7-4-5-8-16(13)12-19-18(22)20-14(2)15-9-6-10-17(11-15)21-25(3,23)24/h4-11,14,21H,12H2,1-3H3,(H2,19,20,22). The van der Waals surface area contributed by atoms with Crippen molar-refractivity contribution in [2.24, 2.45) is 0 Å². The summed E-state index contributed by atoms with van der Waals surface area (Å²) in [6.45, 7) is 4.28. The molecule has 25 heavy (non-hydrogen) atoms. The Kier molecular flexibility index (Phi) is 6.03. The zero-order valence-corrected chi connectivity index (χ0v) is 15.4. The van der Waals surface area contributed by atoms with Gasteiger partial charge in [0.15, 0.2) is 0 Å². The van der Waals surface area contributed by atoms with Crippen molar-refractivity contribution in [2.45, 2.75) is 26.4 Å². The predicted octanol–water partition coefficient (Wildman–Crippen LogP) is 2.93. The number of benzene rings is 2. The van der Waals surface area contributed by atoms with Crippen LogP contribution in [0.1, 0.15) is 29.7 Å². The van der Waals surface area contributed by atoms with Crippen LogP contribution in [0.4, 0.5) is 10.5 Å². The molecule has 134 valence electrons. The molecule has 3 N–H and O–H groups in total. The van der Waals surface area contributed by atoms with E-state index in [0.717, 1.165) is 22.9 Å². The van der Waals surface area contributed by atoms with E-state index in [1.165, 1.54) is 0 Å². The van der Waals surface area contributed by atoms with Gasteiger partial charge in [0, 0.05) is 12.2 Å². The van der Waals surface area contributed by atoms with Gasteiger partial charge in [0.05, 0.1) is 12.3 Å². The van der Waals surface area contributed by atoms with Crippen LogP contribution >= 0.6 is 0 Å². The molecule has 0 aliphatic heterocycles. The molecule has 0 heterocycles. The fraction of sp³-hybridized carbons (Fsp3) is 0.278. The van der Waals surface area contributed by atoms with Crippen molar-refractivity contribution >= 4 is 21.7 Å². The van der Waals surface area contributed by atoms with E-state index in [0.29, 0.717) is 12.2 Å². The summed E-state index contributed by atoms with van der Waals surface area (Å²) in [6.07, 6.45) is 1.10. The topological polar surface area (TPSA) is 87.3 Å². The number of aryl methyl sites for hydroxylation is 1. The van der Waals surface area contributed by atoms with E-state index in [-0.39, 0.29) is 12.1 Å². The minimum Gasteiger partial charge on any atom is -0.334 e. The zero-order chi connectivity index (χ0) is 18.4. The Morgan fingerprint density at radius 2 is 1.84 bits per heavy atom. The number of urea groups is 1. The molecule has 2 aromatic rings. The molecule has 7 heteroatoms. The molecule has 0 saturated carbocycles. The van der Waals surface area contributed by atoms with E-state index < -0.39 is 10.0 Å². The molecule has 2 amide bonds. The van der Waals surface area contributed by atoms with Gasteiger partial charge in [-0.1, -0.05) is 36.4 Å². The molecular weight excluding hydrogens is 338 g/mol. The zero-order valence-electron chi connectivity index (χ0n) is 14.5. The Labute approximate surface area is 148 Å². The number of sulfonamides is 1. The summed E-state index contributed by atoms with van der Waals surface area (Å²) in [5.74, 6) is 0. The van der Waals surface area contributed by atoms with Crippen molar-refractivity contribution in [3.63, 3.8) is 0 Å². The minimum absolute atomic E-state index is 0.266. The largest absolute Gasteiger partial charge is 0.334 e. The maximum Gasteiger partial charge on any atom is 0.315 e. The Bertz CT molecular complexity index is 850.